The van der Waals surface area contributed by atoms with Crippen molar-refractivity contribution in [1.82, 2.24) is 10.6 Å². The summed E-state index contributed by atoms with van der Waals surface area (Å²) in [6.07, 6.45) is 2.52. The number of aliphatic hydroxyl groups is 1. The minimum Gasteiger partial charge on any atom is -0.480 e. The summed E-state index contributed by atoms with van der Waals surface area (Å²) in [5.41, 5.74) is 5.71. The second-order valence-corrected chi connectivity index (χ2v) is 6.65. The first kappa shape index (κ1) is 21.7. The van der Waals surface area contributed by atoms with Crippen molar-refractivity contribution in [3.8, 4) is 0 Å². The first-order valence-corrected chi connectivity index (χ1v) is 8.81. The minimum absolute atomic E-state index is 0.208. The van der Waals surface area contributed by atoms with E-state index in [0.29, 0.717) is 12.2 Å². The molecule has 0 bridgehead atoms. The summed E-state index contributed by atoms with van der Waals surface area (Å²) in [5, 5.41) is 23.0. The van der Waals surface area contributed by atoms with Crippen LogP contribution in [0, 0.1) is 5.92 Å². The van der Waals surface area contributed by atoms with Gasteiger partial charge in [-0.2, -0.15) is 11.8 Å². The number of nitrogens with two attached hydrogens (primary N) is 1. The molecule has 0 aliphatic carbocycles. The first-order chi connectivity index (χ1) is 10.7. The molecule has 0 aromatic rings. The van der Waals surface area contributed by atoms with Crippen molar-refractivity contribution in [2.45, 2.75) is 44.8 Å². The number of rotatable bonds is 11. The van der Waals surface area contributed by atoms with Gasteiger partial charge in [-0.05, 0) is 30.8 Å². The van der Waals surface area contributed by atoms with Gasteiger partial charge in [0, 0.05) is 0 Å². The van der Waals surface area contributed by atoms with Gasteiger partial charge in [-0.15, -0.1) is 0 Å². The highest BCUT2D eigenvalue weighted by Crippen LogP contribution is 2.04. The predicted octanol–water partition coefficient (Wildman–Crippen LogP) is -0.841. The van der Waals surface area contributed by atoms with Gasteiger partial charge in [-0.3, -0.25) is 9.59 Å². The number of thioether (sulfide) groups is 1. The number of aliphatic carboxylic acids is 1. The van der Waals surface area contributed by atoms with Gasteiger partial charge < -0.3 is 26.6 Å². The lowest BCUT2D eigenvalue weighted by molar-refractivity contribution is -0.142. The molecule has 0 unspecified atom stereocenters. The van der Waals surface area contributed by atoms with E-state index in [4.69, 9.17) is 10.8 Å². The summed E-state index contributed by atoms with van der Waals surface area (Å²) in [5.74, 6) is -1.69. The van der Waals surface area contributed by atoms with Gasteiger partial charge in [-0.25, -0.2) is 4.79 Å². The third-order valence-corrected chi connectivity index (χ3v) is 3.75. The van der Waals surface area contributed by atoms with Crippen molar-refractivity contribution < 1.29 is 24.6 Å². The molecular formula is C14H27N3O5S. The number of carbonyl (C=O) groups excluding carboxylic acids is 2. The lowest BCUT2D eigenvalue weighted by Crippen LogP contribution is -2.56. The van der Waals surface area contributed by atoms with E-state index >= 15 is 0 Å². The van der Waals surface area contributed by atoms with Crippen LogP contribution in [0.4, 0.5) is 0 Å². The number of carbonyl (C=O) groups is 3. The van der Waals surface area contributed by atoms with E-state index in [9.17, 15) is 19.5 Å². The lowest BCUT2D eigenvalue weighted by Gasteiger charge is -2.22. The Morgan fingerprint density at radius 2 is 1.70 bits per heavy atom. The van der Waals surface area contributed by atoms with Crippen molar-refractivity contribution in [2.24, 2.45) is 11.7 Å². The quantitative estimate of drug-likeness (QED) is 0.327. The molecule has 0 saturated carbocycles. The molecule has 134 valence electrons. The summed E-state index contributed by atoms with van der Waals surface area (Å²) < 4.78 is 0. The Balaban J connectivity index is 4.66. The van der Waals surface area contributed by atoms with E-state index in [2.05, 4.69) is 10.6 Å². The molecule has 0 aromatic carbocycles. The number of carboxylic acids is 1. The van der Waals surface area contributed by atoms with E-state index in [1.54, 1.807) is 0 Å². The third kappa shape index (κ3) is 8.77. The van der Waals surface area contributed by atoms with Crippen LogP contribution >= 0.6 is 11.8 Å². The van der Waals surface area contributed by atoms with Crippen LogP contribution in [0.3, 0.4) is 0 Å². The molecule has 0 radical (unpaired) electrons. The third-order valence-electron chi connectivity index (χ3n) is 3.10. The monoisotopic (exact) mass is 349 g/mol. The molecule has 0 spiro atoms. The first-order valence-electron chi connectivity index (χ1n) is 7.41. The number of carboxylic acid groups (broad SMARTS) is 1. The Labute approximate surface area is 140 Å². The molecule has 9 heteroatoms. The zero-order valence-corrected chi connectivity index (χ0v) is 14.6. The smallest absolute Gasteiger partial charge is 0.326 e. The Morgan fingerprint density at radius 3 is 2.13 bits per heavy atom. The Morgan fingerprint density at radius 1 is 1.13 bits per heavy atom. The topological polar surface area (TPSA) is 142 Å². The normalized spacial score (nSPS) is 14.9. The standard InChI is InChI=1S/C14H27N3O5S/c1-8(2)6-9(15)12(19)17-11(7-18)13(20)16-10(14(21)22)4-5-23-3/h8-11,18H,4-7,15H2,1-3H3,(H,16,20)(H,17,19)(H,21,22)/t9-,10-,11-/m0/s1. The van der Waals surface area contributed by atoms with E-state index < -0.39 is 42.5 Å². The molecule has 8 nitrogen and oxygen atoms in total. The highest BCUT2D eigenvalue weighted by atomic mass is 32.2. The van der Waals surface area contributed by atoms with E-state index in [0.717, 1.165) is 0 Å². The summed E-state index contributed by atoms with van der Waals surface area (Å²) >= 11 is 1.46. The van der Waals surface area contributed by atoms with Crippen LogP contribution in [0.25, 0.3) is 0 Å². The zero-order valence-electron chi connectivity index (χ0n) is 13.7. The zero-order chi connectivity index (χ0) is 18.0. The molecule has 0 saturated heterocycles. The predicted molar refractivity (Wildman–Crippen MR) is 89.0 cm³/mol. The van der Waals surface area contributed by atoms with Gasteiger partial charge in [-0.1, -0.05) is 13.8 Å². The molecule has 0 heterocycles. The molecule has 2 amide bonds. The Bertz CT molecular complexity index is 406. The largest absolute Gasteiger partial charge is 0.480 e. The van der Waals surface area contributed by atoms with Crippen LogP contribution < -0.4 is 16.4 Å². The average molecular weight is 349 g/mol. The highest BCUT2D eigenvalue weighted by Gasteiger charge is 2.27. The number of nitrogens with one attached hydrogen (secondary N) is 2. The molecule has 23 heavy (non-hydrogen) atoms. The van der Waals surface area contributed by atoms with Gasteiger partial charge >= 0.3 is 5.97 Å². The SMILES string of the molecule is CSCC[C@H](NC(=O)[C@H](CO)NC(=O)[C@@H](N)CC(C)C)C(=O)O. The van der Waals surface area contributed by atoms with Gasteiger partial charge in [0.25, 0.3) is 0 Å². The Kier molecular flexibility index (Phi) is 10.6. The van der Waals surface area contributed by atoms with E-state index in [-0.39, 0.29) is 12.3 Å². The van der Waals surface area contributed by atoms with Crippen LogP contribution in [0.15, 0.2) is 0 Å². The fourth-order valence-corrected chi connectivity index (χ4v) is 2.32. The minimum atomic E-state index is -1.23. The van der Waals surface area contributed by atoms with Gasteiger partial charge in [0.1, 0.15) is 12.1 Å². The molecule has 0 aliphatic heterocycles. The van der Waals surface area contributed by atoms with Crippen LogP contribution in [0.1, 0.15) is 26.7 Å². The lowest BCUT2D eigenvalue weighted by atomic mass is 10.0. The summed E-state index contributed by atoms with van der Waals surface area (Å²) in [7, 11) is 0. The van der Waals surface area contributed by atoms with Crippen LogP contribution in [-0.4, -0.2) is 64.7 Å². The fraction of sp³-hybridized carbons (Fsp3) is 0.786. The molecular weight excluding hydrogens is 322 g/mol. The summed E-state index contributed by atoms with van der Waals surface area (Å²) in [4.78, 5) is 35.0. The van der Waals surface area contributed by atoms with Crippen LogP contribution in [0.5, 0.6) is 0 Å². The maximum absolute atomic E-state index is 12.0. The van der Waals surface area contributed by atoms with Crippen LogP contribution in [-0.2, 0) is 14.4 Å². The molecule has 6 N–H and O–H groups in total. The second kappa shape index (κ2) is 11.3. The number of hydrogen-bond donors (Lipinski definition) is 5. The summed E-state index contributed by atoms with van der Waals surface area (Å²) in [6, 6.07) is -3.08. The highest BCUT2D eigenvalue weighted by molar-refractivity contribution is 7.98. The van der Waals surface area contributed by atoms with Crippen molar-refractivity contribution >= 4 is 29.5 Å². The summed E-state index contributed by atoms with van der Waals surface area (Å²) in [6.45, 7) is 3.18. The van der Waals surface area contributed by atoms with Crippen molar-refractivity contribution in [2.75, 3.05) is 18.6 Å². The molecule has 3 atom stereocenters. The second-order valence-electron chi connectivity index (χ2n) is 5.66. The Hall–Kier alpha value is -1.32. The maximum Gasteiger partial charge on any atom is 0.326 e. The number of amides is 2. The van der Waals surface area contributed by atoms with Gasteiger partial charge in [0.05, 0.1) is 12.6 Å². The van der Waals surface area contributed by atoms with Gasteiger partial charge in [0.2, 0.25) is 11.8 Å². The molecule has 0 aromatic heterocycles. The molecule has 0 aliphatic rings. The maximum atomic E-state index is 12.0. The van der Waals surface area contributed by atoms with Crippen molar-refractivity contribution in [3.63, 3.8) is 0 Å². The molecule has 0 fully saturated rings. The fourth-order valence-electron chi connectivity index (χ4n) is 1.85. The van der Waals surface area contributed by atoms with Crippen molar-refractivity contribution in [3.05, 3.63) is 0 Å². The molecule has 0 rings (SSSR count). The van der Waals surface area contributed by atoms with Gasteiger partial charge in [0.15, 0.2) is 0 Å². The number of hydrogen-bond acceptors (Lipinski definition) is 6. The van der Waals surface area contributed by atoms with Crippen molar-refractivity contribution in [1.29, 1.82) is 0 Å². The number of aliphatic hydroxyl groups excluding tert-OH is 1. The van der Waals surface area contributed by atoms with E-state index in [1.807, 2.05) is 20.1 Å². The average Bonchev–Trinajstić information content (AvgIpc) is 2.47. The van der Waals surface area contributed by atoms with Crippen LogP contribution in [0.2, 0.25) is 0 Å². The van der Waals surface area contributed by atoms with E-state index in [1.165, 1.54) is 11.8 Å².